The Bertz CT molecular complexity index is 342. The Hall–Kier alpha value is -0.310. The summed E-state index contributed by atoms with van der Waals surface area (Å²) < 4.78 is 13.6. The largest absolute Gasteiger partial charge is 0.302 e. The molecule has 0 bridgehead atoms. The van der Waals surface area contributed by atoms with Gasteiger partial charge in [0.05, 0.1) is 5.02 Å². The third-order valence-electron chi connectivity index (χ3n) is 2.38. The van der Waals surface area contributed by atoms with E-state index < -0.39 is 0 Å². The summed E-state index contributed by atoms with van der Waals surface area (Å²) >= 11 is 11.6. The molecule has 1 aromatic carbocycles. The Morgan fingerprint density at radius 1 is 1.44 bits per heavy atom. The van der Waals surface area contributed by atoms with Gasteiger partial charge in [0.1, 0.15) is 5.82 Å². The summed E-state index contributed by atoms with van der Waals surface area (Å²) in [5.74, 6) is -0.324. The van der Waals surface area contributed by atoms with Gasteiger partial charge in [0.25, 0.3) is 0 Å². The second-order valence-electron chi connectivity index (χ2n) is 4.02. The summed E-state index contributed by atoms with van der Waals surface area (Å²) in [6.45, 7) is 3.35. The summed E-state index contributed by atoms with van der Waals surface area (Å²) in [6, 6.07) is 5.07. The van der Waals surface area contributed by atoms with Crippen LogP contribution in [0, 0.1) is 5.82 Å². The molecule has 0 saturated carbocycles. The van der Waals surface area contributed by atoms with Gasteiger partial charge in [-0.15, -0.1) is 11.6 Å². The van der Waals surface area contributed by atoms with Crippen LogP contribution in [0.3, 0.4) is 0 Å². The first-order valence-electron chi connectivity index (χ1n) is 5.26. The molecule has 0 aliphatic rings. The standard InChI is InChI=1S/C12H16Cl2FN/c1-9(13)6-7-16(2)8-10-4-3-5-11(14)12(10)15/h3-5,9H,6-8H2,1-2H3. The number of halogens is 3. The molecule has 1 rings (SSSR count). The average Bonchev–Trinajstić information content (AvgIpc) is 2.22. The molecule has 1 aromatic rings. The molecule has 4 heteroatoms. The van der Waals surface area contributed by atoms with Crippen molar-refractivity contribution < 1.29 is 4.39 Å². The Morgan fingerprint density at radius 2 is 2.12 bits per heavy atom. The maximum Gasteiger partial charge on any atom is 0.146 e. The highest BCUT2D eigenvalue weighted by Crippen LogP contribution is 2.19. The fourth-order valence-corrected chi connectivity index (χ4v) is 1.73. The molecule has 90 valence electrons. The number of alkyl halides is 1. The quantitative estimate of drug-likeness (QED) is 0.728. The molecule has 0 heterocycles. The number of rotatable bonds is 5. The van der Waals surface area contributed by atoms with Crippen LogP contribution in [0.2, 0.25) is 5.02 Å². The molecule has 0 saturated heterocycles. The molecule has 0 aliphatic carbocycles. The SMILES string of the molecule is CC(Cl)CCN(C)Cc1cccc(Cl)c1F. The van der Waals surface area contributed by atoms with Crippen molar-refractivity contribution in [1.29, 1.82) is 0 Å². The predicted molar refractivity (Wildman–Crippen MR) is 67.7 cm³/mol. The summed E-state index contributed by atoms with van der Waals surface area (Å²) in [5.41, 5.74) is 0.622. The predicted octanol–water partition coefficient (Wildman–Crippen LogP) is 3.93. The summed E-state index contributed by atoms with van der Waals surface area (Å²) in [6.07, 6.45) is 0.889. The topological polar surface area (TPSA) is 3.24 Å². The minimum atomic E-state index is -0.324. The molecule has 16 heavy (non-hydrogen) atoms. The highest BCUT2D eigenvalue weighted by Gasteiger charge is 2.09. The Balaban J connectivity index is 2.56. The first kappa shape index (κ1) is 13.8. The molecule has 0 amide bonds. The minimum Gasteiger partial charge on any atom is -0.302 e. The lowest BCUT2D eigenvalue weighted by atomic mass is 10.2. The fourth-order valence-electron chi connectivity index (χ4n) is 1.44. The molecule has 0 N–H and O–H groups in total. The molecule has 0 spiro atoms. The molecule has 1 nitrogen and oxygen atoms in total. The molecule has 0 fully saturated rings. The second-order valence-corrected chi connectivity index (χ2v) is 5.17. The molecular formula is C12H16Cl2FN. The van der Waals surface area contributed by atoms with Gasteiger partial charge in [0, 0.05) is 17.5 Å². The first-order chi connectivity index (χ1) is 7.50. The normalized spacial score (nSPS) is 13.1. The van der Waals surface area contributed by atoms with Crippen LogP contribution in [-0.2, 0) is 6.54 Å². The van der Waals surface area contributed by atoms with Gasteiger partial charge in [0.2, 0.25) is 0 Å². The molecule has 0 radical (unpaired) electrons. The van der Waals surface area contributed by atoms with Crippen molar-refractivity contribution in [2.24, 2.45) is 0 Å². The number of benzene rings is 1. The zero-order valence-electron chi connectivity index (χ0n) is 9.51. The zero-order chi connectivity index (χ0) is 12.1. The highest BCUT2D eigenvalue weighted by molar-refractivity contribution is 6.30. The van der Waals surface area contributed by atoms with Crippen molar-refractivity contribution in [3.63, 3.8) is 0 Å². The van der Waals surface area contributed by atoms with Crippen LogP contribution in [0.1, 0.15) is 18.9 Å². The maximum absolute atomic E-state index is 13.6. The first-order valence-corrected chi connectivity index (χ1v) is 6.07. The molecule has 0 aromatic heterocycles. The summed E-state index contributed by atoms with van der Waals surface area (Å²) in [5, 5.41) is 0.322. The molecular weight excluding hydrogens is 248 g/mol. The van der Waals surface area contributed by atoms with E-state index >= 15 is 0 Å². The number of hydrogen-bond donors (Lipinski definition) is 0. The maximum atomic E-state index is 13.6. The van der Waals surface area contributed by atoms with E-state index in [1.165, 1.54) is 0 Å². The van der Waals surface area contributed by atoms with Gasteiger partial charge in [-0.25, -0.2) is 4.39 Å². The van der Waals surface area contributed by atoms with E-state index in [1.54, 1.807) is 18.2 Å². The van der Waals surface area contributed by atoms with Crippen LogP contribution in [0.4, 0.5) is 4.39 Å². The van der Waals surface area contributed by atoms with Gasteiger partial charge in [-0.3, -0.25) is 0 Å². The third-order valence-corrected chi connectivity index (χ3v) is 2.89. The van der Waals surface area contributed by atoms with E-state index in [1.807, 2.05) is 18.9 Å². The van der Waals surface area contributed by atoms with Gasteiger partial charge in [-0.1, -0.05) is 23.7 Å². The van der Waals surface area contributed by atoms with Crippen molar-refractivity contribution in [3.05, 3.63) is 34.6 Å². The fraction of sp³-hybridized carbons (Fsp3) is 0.500. The van der Waals surface area contributed by atoms with Crippen LogP contribution in [0.15, 0.2) is 18.2 Å². The van der Waals surface area contributed by atoms with Crippen molar-refractivity contribution in [3.8, 4) is 0 Å². The van der Waals surface area contributed by atoms with Crippen molar-refractivity contribution >= 4 is 23.2 Å². The molecule has 1 atom stereocenters. The second kappa shape index (κ2) is 6.43. The van der Waals surface area contributed by atoms with E-state index in [4.69, 9.17) is 23.2 Å². The van der Waals surface area contributed by atoms with E-state index in [-0.39, 0.29) is 16.2 Å². The van der Waals surface area contributed by atoms with E-state index in [0.29, 0.717) is 12.1 Å². The Morgan fingerprint density at radius 3 is 2.75 bits per heavy atom. The molecule has 1 unspecified atom stereocenters. The lowest BCUT2D eigenvalue weighted by Gasteiger charge is -2.17. The lowest BCUT2D eigenvalue weighted by Crippen LogP contribution is -2.21. The monoisotopic (exact) mass is 263 g/mol. The van der Waals surface area contributed by atoms with Crippen molar-refractivity contribution in [2.45, 2.75) is 25.3 Å². The number of hydrogen-bond acceptors (Lipinski definition) is 1. The average molecular weight is 264 g/mol. The van der Waals surface area contributed by atoms with Gasteiger partial charge in [0.15, 0.2) is 0 Å². The summed E-state index contributed by atoms with van der Waals surface area (Å²) in [4.78, 5) is 2.04. The van der Waals surface area contributed by atoms with Crippen molar-refractivity contribution in [2.75, 3.05) is 13.6 Å². The highest BCUT2D eigenvalue weighted by atomic mass is 35.5. The molecule has 0 aliphatic heterocycles. The zero-order valence-corrected chi connectivity index (χ0v) is 11.0. The van der Waals surface area contributed by atoms with Crippen LogP contribution >= 0.6 is 23.2 Å². The van der Waals surface area contributed by atoms with Crippen LogP contribution < -0.4 is 0 Å². The van der Waals surface area contributed by atoms with Gasteiger partial charge < -0.3 is 4.90 Å². The minimum absolute atomic E-state index is 0.145. The van der Waals surface area contributed by atoms with Crippen molar-refractivity contribution in [1.82, 2.24) is 4.90 Å². The smallest absolute Gasteiger partial charge is 0.146 e. The van der Waals surface area contributed by atoms with Gasteiger partial charge >= 0.3 is 0 Å². The van der Waals surface area contributed by atoms with E-state index in [0.717, 1.165) is 13.0 Å². The lowest BCUT2D eigenvalue weighted by molar-refractivity contribution is 0.316. The summed E-state index contributed by atoms with van der Waals surface area (Å²) in [7, 11) is 1.94. The van der Waals surface area contributed by atoms with E-state index in [2.05, 4.69) is 0 Å². The Kier molecular flexibility index (Phi) is 5.53. The van der Waals surface area contributed by atoms with Crippen LogP contribution in [-0.4, -0.2) is 23.9 Å². The number of nitrogens with zero attached hydrogens (tertiary/aromatic N) is 1. The van der Waals surface area contributed by atoms with Gasteiger partial charge in [-0.2, -0.15) is 0 Å². The van der Waals surface area contributed by atoms with Crippen LogP contribution in [0.5, 0.6) is 0 Å². The van der Waals surface area contributed by atoms with Gasteiger partial charge in [-0.05, 0) is 33.0 Å². The Labute approximate surface area is 106 Å². The van der Waals surface area contributed by atoms with Crippen LogP contribution in [0.25, 0.3) is 0 Å². The van der Waals surface area contributed by atoms with E-state index in [9.17, 15) is 4.39 Å². The third kappa shape index (κ3) is 4.28.